The summed E-state index contributed by atoms with van der Waals surface area (Å²) >= 11 is 0. The van der Waals surface area contributed by atoms with E-state index in [1.54, 1.807) is 24.8 Å². The van der Waals surface area contributed by atoms with Crippen LogP contribution in [0.2, 0.25) is 0 Å². The van der Waals surface area contributed by atoms with Gasteiger partial charge in [-0.1, -0.05) is 12.1 Å². The molecular formula is C18H13N3. The summed E-state index contributed by atoms with van der Waals surface area (Å²) in [6.45, 7) is 0. The minimum atomic E-state index is 0.397. The van der Waals surface area contributed by atoms with Crippen molar-refractivity contribution in [2.24, 2.45) is 0 Å². The standard InChI is InChI=1S/C18H13N3/c19-8-3-15-1-2-17(14-4-9-20-10-5-14)13-18(15)16-6-11-21-12-7-16/h1-2,4-7,9-13H,3H2. The molecule has 21 heavy (non-hydrogen) atoms. The van der Waals surface area contributed by atoms with E-state index in [4.69, 9.17) is 5.26 Å². The highest BCUT2D eigenvalue weighted by molar-refractivity contribution is 5.75. The van der Waals surface area contributed by atoms with Crippen LogP contribution in [-0.2, 0) is 6.42 Å². The molecule has 0 bridgehead atoms. The minimum Gasteiger partial charge on any atom is -0.265 e. The van der Waals surface area contributed by atoms with Gasteiger partial charge in [-0.05, 0) is 58.1 Å². The van der Waals surface area contributed by atoms with Crippen molar-refractivity contribution in [1.82, 2.24) is 9.97 Å². The number of benzene rings is 1. The predicted molar refractivity (Wildman–Crippen MR) is 82.2 cm³/mol. The molecule has 0 aliphatic carbocycles. The molecule has 0 radical (unpaired) electrons. The Morgan fingerprint density at radius 3 is 2.00 bits per heavy atom. The third-order valence-corrected chi connectivity index (χ3v) is 3.38. The molecule has 0 unspecified atom stereocenters. The van der Waals surface area contributed by atoms with E-state index >= 15 is 0 Å². The first-order valence-electron chi connectivity index (χ1n) is 6.69. The Morgan fingerprint density at radius 2 is 1.38 bits per heavy atom. The maximum atomic E-state index is 9.01. The third-order valence-electron chi connectivity index (χ3n) is 3.38. The highest BCUT2D eigenvalue weighted by atomic mass is 14.6. The summed E-state index contributed by atoms with van der Waals surface area (Å²) in [4.78, 5) is 8.10. The molecule has 0 aliphatic rings. The van der Waals surface area contributed by atoms with Gasteiger partial charge in [-0.15, -0.1) is 0 Å². The van der Waals surface area contributed by atoms with E-state index in [0.29, 0.717) is 6.42 Å². The van der Waals surface area contributed by atoms with Crippen LogP contribution in [0.4, 0.5) is 0 Å². The van der Waals surface area contributed by atoms with Crippen LogP contribution in [0.1, 0.15) is 5.56 Å². The van der Waals surface area contributed by atoms with Crippen LogP contribution in [0, 0.1) is 11.3 Å². The predicted octanol–water partition coefficient (Wildman–Crippen LogP) is 3.88. The van der Waals surface area contributed by atoms with Crippen molar-refractivity contribution >= 4 is 0 Å². The maximum absolute atomic E-state index is 9.01. The molecule has 0 atom stereocenters. The Bertz CT molecular complexity index is 775. The Kier molecular flexibility index (Phi) is 3.70. The van der Waals surface area contributed by atoms with Crippen LogP contribution in [0.5, 0.6) is 0 Å². The average Bonchev–Trinajstić information content (AvgIpc) is 2.57. The summed E-state index contributed by atoms with van der Waals surface area (Å²) < 4.78 is 0. The van der Waals surface area contributed by atoms with Crippen molar-refractivity contribution in [2.75, 3.05) is 0 Å². The molecule has 0 aliphatic heterocycles. The summed E-state index contributed by atoms with van der Waals surface area (Å²) in [5.41, 5.74) is 5.41. The normalized spacial score (nSPS) is 10.0. The quantitative estimate of drug-likeness (QED) is 0.726. The van der Waals surface area contributed by atoms with Crippen LogP contribution in [0.25, 0.3) is 22.3 Å². The van der Waals surface area contributed by atoms with Crippen molar-refractivity contribution in [3.8, 4) is 28.3 Å². The van der Waals surface area contributed by atoms with E-state index < -0.39 is 0 Å². The van der Waals surface area contributed by atoms with Gasteiger partial charge in [0.05, 0.1) is 12.5 Å². The largest absolute Gasteiger partial charge is 0.265 e. The smallest absolute Gasteiger partial charge is 0.0669 e. The van der Waals surface area contributed by atoms with Gasteiger partial charge in [0.2, 0.25) is 0 Å². The number of aromatic nitrogens is 2. The second kappa shape index (κ2) is 5.98. The molecular weight excluding hydrogens is 258 g/mol. The lowest BCUT2D eigenvalue weighted by Gasteiger charge is -2.10. The summed E-state index contributed by atoms with van der Waals surface area (Å²) in [6.07, 6.45) is 7.50. The molecule has 2 aromatic heterocycles. The molecule has 0 amide bonds. The second-order valence-electron chi connectivity index (χ2n) is 4.68. The summed E-state index contributed by atoms with van der Waals surface area (Å²) in [6, 6.07) is 16.3. The third kappa shape index (κ3) is 2.80. The molecule has 0 saturated heterocycles. The molecule has 0 N–H and O–H groups in total. The molecule has 0 saturated carbocycles. The van der Waals surface area contributed by atoms with Crippen LogP contribution in [0.3, 0.4) is 0 Å². The summed E-state index contributed by atoms with van der Waals surface area (Å²) in [7, 11) is 0. The van der Waals surface area contributed by atoms with E-state index in [0.717, 1.165) is 27.8 Å². The van der Waals surface area contributed by atoms with E-state index in [-0.39, 0.29) is 0 Å². The molecule has 0 fully saturated rings. The van der Waals surface area contributed by atoms with Gasteiger partial charge in [-0.2, -0.15) is 5.26 Å². The van der Waals surface area contributed by atoms with Gasteiger partial charge >= 0.3 is 0 Å². The van der Waals surface area contributed by atoms with Gasteiger partial charge in [0.25, 0.3) is 0 Å². The zero-order chi connectivity index (χ0) is 14.5. The van der Waals surface area contributed by atoms with E-state index in [2.05, 4.69) is 22.1 Å². The Morgan fingerprint density at radius 1 is 0.762 bits per heavy atom. The highest BCUT2D eigenvalue weighted by Gasteiger charge is 2.07. The number of nitrogens with zero attached hydrogens (tertiary/aromatic N) is 3. The topological polar surface area (TPSA) is 49.6 Å². The number of hydrogen-bond donors (Lipinski definition) is 0. The fourth-order valence-corrected chi connectivity index (χ4v) is 2.34. The molecule has 100 valence electrons. The number of hydrogen-bond acceptors (Lipinski definition) is 3. The van der Waals surface area contributed by atoms with Gasteiger partial charge in [-0.3, -0.25) is 9.97 Å². The fraction of sp³-hybridized carbons (Fsp3) is 0.0556. The van der Waals surface area contributed by atoms with E-state index in [1.165, 1.54) is 0 Å². The Labute approximate surface area is 123 Å². The maximum Gasteiger partial charge on any atom is 0.0669 e. The van der Waals surface area contributed by atoms with Crippen molar-refractivity contribution < 1.29 is 0 Å². The molecule has 3 rings (SSSR count). The van der Waals surface area contributed by atoms with Gasteiger partial charge in [0.1, 0.15) is 0 Å². The molecule has 3 aromatic rings. The van der Waals surface area contributed by atoms with E-state index in [1.807, 2.05) is 36.4 Å². The Balaban J connectivity index is 2.14. The van der Waals surface area contributed by atoms with Crippen molar-refractivity contribution in [2.45, 2.75) is 6.42 Å². The lowest BCUT2D eigenvalue weighted by Crippen LogP contribution is -1.90. The number of rotatable bonds is 3. The highest BCUT2D eigenvalue weighted by Crippen LogP contribution is 2.29. The van der Waals surface area contributed by atoms with Crippen LogP contribution >= 0.6 is 0 Å². The van der Waals surface area contributed by atoms with Gasteiger partial charge < -0.3 is 0 Å². The first-order valence-corrected chi connectivity index (χ1v) is 6.69. The van der Waals surface area contributed by atoms with Crippen LogP contribution < -0.4 is 0 Å². The first-order chi connectivity index (χ1) is 10.4. The average molecular weight is 271 g/mol. The van der Waals surface area contributed by atoms with Gasteiger partial charge in [0.15, 0.2) is 0 Å². The summed E-state index contributed by atoms with van der Waals surface area (Å²) in [5, 5.41) is 9.01. The zero-order valence-electron chi connectivity index (χ0n) is 11.4. The van der Waals surface area contributed by atoms with Crippen LogP contribution in [0.15, 0.2) is 67.3 Å². The Hall–Kier alpha value is -2.99. The lowest BCUT2D eigenvalue weighted by molar-refractivity contribution is 1.26. The monoisotopic (exact) mass is 271 g/mol. The molecule has 0 spiro atoms. The SMILES string of the molecule is N#CCc1ccc(-c2ccncc2)cc1-c1ccncc1. The number of pyridine rings is 2. The van der Waals surface area contributed by atoms with Gasteiger partial charge in [-0.25, -0.2) is 0 Å². The van der Waals surface area contributed by atoms with Crippen molar-refractivity contribution in [3.05, 3.63) is 72.8 Å². The zero-order valence-corrected chi connectivity index (χ0v) is 11.4. The lowest BCUT2D eigenvalue weighted by atomic mass is 9.94. The minimum absolute atomic E-state index is 0.397. The van der Waals surface area contributed by atoms with Crippen molar-refractivity contribution in [3.63, 3.8) is 0 Å². The molecule has 3 heteroatoms. The van der Waals surface area contributed by atoms with Crippen LogP contribution in [-0.4, -0.2) is 9.97 Å². The van der Waals surface area contributed by atoms with Crippen molar-refractivity contribution in [1.29, 1.82) is 5.26 Å². The first kappa shape index (κ1) is 13.0. The molecule has 3 nitrogen and oxygen atoms in total. The summed E-state index contributed by atoms with van der Waals surface area (Å²) in [5.74, 6) is 0. The molecule has 1 aromatic carbocycles. The number of nitriles is 1. The molecule has 2 heterocycles. The van der Waals surface area contributed by atoms with Gasteiger partial charge in [0, 0.05) is 24.8 Å². The van der Waals surface area contributed by atoms with E-state index in [9.17, 15) is 0 Å². The fourth-order valence-electron chi connectivity index (χ4n) is 2.34. The second-order valence-corrected chi connectivity index (χ2v) is 4.68.